The number of carbonyl (C=O) groups is 1. The lowest BCUT2D eigenvalue weighted by Crippen LogP contribution is -1.87. The van der Waals surface area contributed by atoms with Gasteiger partial charge < -0.3 is 0 Å². The highest BCUT2D eigenvalue weighted by molar-refractivity contribution is 7.99. The predicted octanol–water partition coefficient (Wildman–Crippen LogP) is 3.83. The smallest absolute Gasteiger partial charge is 0.150 e. The first-order valence-corrected chi connectivity index (χ1v) is 6.59. The Hall–Kier alpha value is -1.54. The third kappa shape index (κ3) is 3.75. The molecule has 2 rings (SSSR count). The molecule has 0 saturated carbocycles. The van der Waals surface area contributed by atoms with Gasteiger partial charge in [-0.1, -0.05) is 42.5 Å². The minimum atomic E-state index is 0.734. The zero-order valence-electron chi connectivity index (χ0n) is 9.50. The first-order valence-electron chi connectivity index (χ1n) is 5.60. The topological polar surface area (TPSA) is 17.1 Å². The molecule has 1 nitrogen and oxygen atoms in total. The van der Waals surface area contributed by atoms with Crippen molar-refractivity contribution in [3.05, 3.63) is 65.7 Å². The third-order valence-corrected chi connectivity index (χ3v) is 3.53. The zero-order valence-corrected chi connectivity index (χ0v) is 10.3. The quantitative estimate of drug-likeness (QED) is 0.585. The number of hydrogen-bond acceptors (Lipinski definition) is 2. The number of thioether (sulfide) groups is 1. The van der Waals surface area contributed by atoms with Crippen LogP contribution in [0.5, 0.6) is 0 Å². The van der Waals surface area contributed by atoms with Crippen LogP contribution in [0, 0.1) is 0 Å². The fourth-order valence-corrected chi connectivity index (χ4v) is 2.48. The van der Waals surface area contributed by atoms with Gasteiger partial charge in [0.05, 0.1) is 0 Å². The van der Waals surface area contributed by atoms with Crippen molar-refractivity contribution < 1.29 is 4.79 Å². The summed E-state index contributed by atoms with van der Waals surface area (Å²) in [6, 6.07) is 18.2. The summed E-state index contributed by atoms with van der Waals surface area (Å²) < 4.78 is 0. The summed E-state index contributed by atoms with van der Waals surface area (Å²) in [7, 11) is 0. The molecule has 0 aliphatic heterocycles. The Kier molecular flexibility index (Phi) is 4.39. The van der Waals surface area contributed by atoms with E-state index in [4.69, 9.17) is 0 Å². The van der Waals surface area contributed by atoms with Crippen molar-refractivity contribution in [2.45, 2.75) is 11.3 Å². The van der Waals surface area contributed by atoms with Crippen LogP contribution in [0.15, 0.2) is 59.5 Å². The fraction of sp³-hybridized carbons (Fsp3) is 0.133. The van der Waals surface area contributed by atoms with E-state index in [9.17, 15) is 4.79 Å². The van der Waals surface area contributed by atoms with Gasteiger partial charge in [-0.15, -0.1) is 11.8 Å². The van der Waals surface area contributed by atoms with Crippen LogP contribution in [-0.2, 0) is 6.42 Å². The van der Waals surface area contributed by atoms with Crippen LogP contribution >= 0.6 is 11.8 Å². The van der Waals surface area contributed by atoms with Crippen LogP contribution in [0.3, 0.4) is 0 Å². The lowest BCUT2D eigenvalue weighted by atomic mass is 10.2. The molecule has 0 amide bonds. The molecule has 2 aromatic carbocycles. The van der Waals surface area contributed by atoms with Crippen molar-refractivity contribution in [3.8, 4) is 0 Å². The van der Waals surface area contributed by atoms with Gasteiger partial charge in [-0.05, 0) is 24.1 Å². The maximum absolute atomic E-state index is 10.5. The Morgan fingerprint density at radius 2 is 1.65 bits per heavy atom. The lowest BCUT2D eigenvalue weighted by molar-refractivity contribution is 0.112. The van der Waals surface area contributed by atoms with Gasteiger partial charge in [-0.3, -0.25) is 4.79 Å². The van der Waals surface area contributed by atoms with E-state index in [0.717, 1.165) is 24.0 Å². The van der Waals surface area contributed by atoms with Crippen molar-refractivity contribution in [1.82, 2.24) is 0 Å². The summed E-state index contributed by atoms with van der Waals surface area (Å²) in [6.45, 7) is 0. The number of aryl methyl sites for hydroxylation is 1. The summed E-state index contributed by atoms with van der Waals surface area (Å²) >= 11 is 1.82. The van der Waals surface area contributed by atoms with Crippen molar-refractivity contribution in [2.75, 3.05) is 5.75 Å². The van der Waals surface area contributed by atoms with E-state index in [1.54, 1.807) is 0 Å². The molecule has 0 saturated heterocycles. The Morgan fingerprint density at radius 1 is 0.941 bits per heavy atom. The minimum Gasteiger partial charge on any atom is -0.298 e. The molecule has 86 valence electrons. The van der Waals surface area contributed by atoms with Crippen LogP contribution in [-0.4, -0.2) is 12.0 Å². The molecule has 0 aliphatic carbocycles. The molecule has 2 aromatic rings. The van der Waals surface area contributed by atoms with Gasteiger partial charge in [0, 0.05) is 16.2 Å². The first-order chi connectivity index (χ1) is 8.38. The fourth-order valence-electron chi connectivity index (χ4n) is 1.57. The number of hydrogen-bond donors (Lipinski definition) is 0. The summed E-state index contributed by atoms with van der Waals surface area (Å²) in [5.41, 5.74) is 2.10. The predicted molar refractivity (Wildman–Crippen MR) is 72.7 cm³/mol. The molecule has 0 spiro atoms. The maximum Gasteiger partial charge on any atom is 0.150 e. The molecule has 0 N–H and O–H groups in total. The first kappa shape index (κ1) is 11.9. The third-order valence-electron chi connectivity index (χ3n) is 2.52. The van der Waals surface area contributed by atoms with E-state index >= 15 is 0 Å². The Morgan fingerprint density at radius 3 is 2.29 bits per heavy atom. The van der Waals surface area contributed by atoms with E-state index in [-0.39, 0.29) is 0 Å². The lowest BCUT2D eigenvalue weighted by Gasteiger charge is -2.02. The van der Waals surface area contributed by atoms with Gasteiger partial charge >= 0.3 is 0 Å². The van der Waals surface area contributed by atoms with Crippen LogP contribution in [0.1, 0.15) is 15.9 Å². The van der Waals surface area contributed by atoms with Crippen molar-refractivity contribution in [3.63, 3.8) is 0 Å². The Balaban J connectivity index is 1.84. The van der Waals surface area contributed by atoms with Gasteiger partial charge in [0.15, 0.2) is 0 Å². The van der Waals surface area contributed by atoms with Gasteiger partial charge in [-0.2, -0.15) is 0 Å². The average molecular weight is 242 g/mol. The monoisotopic (exact) mass is 242 g/mol. The van der Waals surface area contributed by atoms with Crippen molar-refractivity contribution >= 4 is 18.0 Å². The molecule has 0 atom stereocenters. The van der Waals surface area contributed by atoms with Crippen LogP contribution in [0.4, 0.5) is 0 Å². The van der Waals surface area contributed by atoms with Gasteiger partial charge in [-0.25, -0.2) is 0 Å². The van der Waals surface area contributed by atoms with Crippen LogP contribution in [0.25, 0.3) is 0 Å². The summed E-state index contributed by atoms with van der Waals surface area (Å²) in [4.78, 5) is 11.7. The largest absolute Gasteiger partial charge is 0.298 e. The standard InChI is InChI=1S/C15H14OS/c16-12-14-6-8-15(9-7-14)17-11-10-13-4-2-1-3-5-13/h1-9,12H,10-11H2. The van der Waals surface area contributed by atoms with Gasteiger partial charge in [0.25, 0.3) is 0 Å². The number of benzene rings is 2. The molecule has 0 heterocycles. The van der Waals surface area contributed by atoms with Crippen molar-refractivity contribution in [2.24, 2.45) is 0 Å². The molecule has 0 unspecified atom stereocenters. The number of aldehydes is 1. The highest BCUT2D eigenvalue weighted by atomic mass is 32.2. The second kappa shape index (κ2) is 6.26. The zero-order chi connectivity index (χ0) is 11.9. The molecule has 0 aliphatic rings. The van der Waals surface area contributed by atoms with E-state index in [1.165, 1.54) is 10.5 Å². The van der Waals surface area contributed by atoms with E-state index in [2.05, 4.69) is 24.3 Å². The molecular formula is C15H14OS. The van der Waals surface area contributed by atoms with Crippen molar-refractivity contribution in [1.29, 1.82) is 0 Å². The summed E-state index contributed by atoms with van der Waals surface area (Å²) in [5.74, 6) is 1.06. The highest BCUT2D eigenvalue weighted by Gasteiger charge is 1.96. The summed E-state index contributed by atoms with van der Waals surface area (Å²) in [6.07, 6.45) is 1.94. The highest BCUT2D eigenvalue weighted by Crippen LogP contribution is 2.19. The summed E-state index contributed by atoms with van der Waals surface area (Å²) in [5, 5.41) is 0. The number of rotatable bonds is 5. The Labute approximate surface area is 106 Å². The average Bonchev–Trinajstić information content (AvgIpc) is 2.41. The molecule has 0 radical (unpaired) electrons. The second-order valence-corrected chi connectivity index (χ2v) is 4.94. The van der Waals surface area contributed by atoms with E-state index < -0.39 is 0 Å². The molecule has 17 heavy (non-hydrogen) atoms. The normalized spacial score (nSPS) is 10.1. The van der Waals surface area contributed by atoms with E-state index in [0.29, 0.717) is 0 Å². The minimum absolute atomic E-state index is 0.734. The molecule has 0 fully saturated rings. The Bertz CT molecular complexity index is 462. The maximum atomic E-state index is 10.5. The number of carbonyl (C=O) groups excluding carboxylic acids is 1. The molecule has 0 bridgehead atoms. The molecular weight excluding hydrogens is 228 g/mol. The van der Waals surface area contributed by atoms with E-state index in [1.807, 2.05) is 42.1 Å². The van der Waals surface area contributed by atoms with Crippen LogP contribution in [0.2, 0.25) is 0 Å². The molecule has 2 heteroatoms. The molecule has 0 aromatic heterocycles. The SMILES string of the molecule is O=Cc1ccc(SCCc2ccccc2)cc1. The van der Waals surface area contributed by atoms with Gasteiger partial charge in [0.1, 0.15) is 6.29 Å². The van der Waals surface area contributed by atoms with Crippen LogP contribution < -0.4 is 0 Å². The second-order valence-electron chi connectivity index (χ2n) is 3.77. The van der Waals surface area contributed by atoms with Gasteiger partial charge in [0.2, 0.25) is 0 Å².